The minimum absolute atomic E-state index is 0. The van der Waals surface area contributed by atoms with E-state index < -0.39 is 17.9 Å². The van der Waals surface area contributed by atoms with Gasteiger partial charge in [0.25, 0.3) is 12.3 Å². The summed E-state index contributed by atoms with van der Waals surface area (Å²) in [7, 11) is 0. The standard InChI is InChI=1S/C17H17F2N5O2.ClH/c1-10-6-22-13(7-21-10)15(25)23-12-4-2-3-11(5-12)17(16(18)19)9-26-8-14(20)24-17;/h2-7,16H,8-9H2,1H3,(H2,20,24)(H,23,25);1H. The molecule has 1 aliphatic heterocycles. The van der Waals surface area contributed by atoms with E-state index in [4.69, 9.17) is 10.5 Å². The Balaban J connectivity index is 0.00000261. The lowest BCUT2D eigenvalue weighted by Crippen LogP contribution is -2.44. The SMILES string of the molecule is Cc1cnc(C(=O)Nc2cccc(C3(C(F)F)COCC(N)=N3)c2)cn1.Cl. The molecule has 1 aromatic heterocycles. The van der Waals surface area contributed by atoms with Crippen molar-refractivity contribution in [2.45, 2.75) is 18.9 Å². The number of amidine groups is 1. The Labute approximate surface area is 160 Å². The predicted molar refractivity (Wildman–Crippen MR) is 98.5 cm³/mol. The molecule has 0 radical (unpaired) electrons. The molecule has 2 heterocycles. The lowest BCUT2D eigenvalue weighted by atomic mass is 9.90. The second kappa shape index (κ2) is 8.36. The number of halogens is 3. The number of aromatic nitrogens is 2. The number of carbonyl (C=O) groups is 1. The highest BCUT2D eigenvalue weighted by Crippen LogP contribution is 2.36. The number of nitrogens with one attached hydrogen (secondary N) is 1. The van der Waals surface area contributed by atoms with Crippen LogP contribution in [-0.4, -0.2) is 41.3 Å². The Morgan fingerprint density at radius 3 is 2.74 bits per heavy atom. The number of benzene rings is 1. The van der Waals surface area contributed by atoms with Crippen LogP contribution in [0.3, 0.4) is 0 Å². The zero-order chi connectivity index (χ0) is 18.7. The van der Waals surface area contributed by atoms with Gasteiger partial charge in [0.1, 0.15) is 18.1 Å². The molecule has 0 spiro atoms. The largest absolute Gasteiger partial charge is 0.385 e. The van der Waals surface area contributed by atoms with E-state index in [1.807, 2.05) is 0 Å². The summed E-state index contributed by atoms with van der Waals surface area (Å²) in [6.07, 6.45) is -0.0152. The molecule has 3 rings (SSSR count). The predicted octanol–water partition coefficient (Wildman–Crippen LogP) is 2.31. The normalized spacial score (nSPS) is 19.2. The molecule has 1 atom stereocenters. The number of aryl methyl sites for hydroxylation is 1. The van der Waals surface area contributed by atoms with Gasteiger partial charge in [-0.3, -0.25) is 14.8 Å². The summed E-state index contributed by atoms with van der Waals surface area (Å²) >= 11 is 0. The number of nitrogens with two attached hydrogens (primary N) is 1. The highest BCUT2D eigenvalue weighted by molar-refractivity contribution is 6.02. The van der Waals surface area contributed by atoms with Gasteiger partial charge in [-0.2, -0.15) is 0 Å². The van der Waals surface area contributed by atoms with Gasteiger partial charge in [-0.1, -0.05) is 12.1 Å². The summed E-state index contributed by atoms with van der Waals surface area (Å²) in [6.45, 7) is 1.46. The van der Waals surface area contributed by atoms with Crippen LogP contribution in [0.5, 0.6) is 0 Å². The fourth-order valence-corrected chi connectivity index (χ4v) is 2.59. The summed E-state index contributed by atoms with van der Waals surface area (Å²) in [5.41, 5.74) is 5.02. The quantitative estimate of drug-likeness (QED) is 0.824. The Kier molecular flexibility index (Phi) is 6.40. The van der Waals surface area contributed by atoms with Crippen LogP contribution in [0.1, 0.15) is 21.7 Å². The van der Waals surface area contributed by atoms with E-state index in [0.717, 1.165) is 0 Å². The maximum Gasteiger partial charge on any atom is 0.275 e. The maximum atomic E-state index is 13.8. The average molecular weight is 398 g/mol. The molecule has 1 aliphatic rings. The van der Waals surface area contributed by atoms with Gasteiger partial charge in [-0.25, -0.2) is 13.8 Å². The van der Waals surface area contributed by atoms with Crippen LogP contribution in [0, 0.1) is 6.92 Å². The number of nitrogens with zero attached hydrogens (tertiary/aromatic N) is 3. The summed E-state index contributed by atoms with van der Waals surface area (Å²) < 4.78 is 32.7. The van der Waals surface area contributed by atoms with Crippen molar-refractivity contribution in [1.29, 1.82) is 0 Å². The van der Waals surface area contributed by atoms with E-state index in [2.05, 4.69) is 20.3 Å². The molecule has 27 heavy (non-hydrogen) atoms. The number of hydrogen-bond donors (Lipinski definition) is 2. The van der Waals surface area contributed by atoms with Crippen molar-refractivity contribution in [3.05, 3.63) is 53.6 Å². The minimum Gasteiger partial charge on any atom is -0.385 e. The molecule has 1 unspecified atom stereocenters. The number of aliphatic imine (C=N–C) groups is 1. The number of amides is 1. The maximum absolute atomic E-state index is 13.8. The summed E-state index contributed by atoms with van der Waals surface area (Å²) in [5.74, 6) is -0.496. The van der Waals surface area contributed by atoms with Crippen molar-refractivity contribution in [1.82, 2.24) is 9.97 Å². The van der Waals surface area contributed by atoms with Crippen molar-refractivity contribution in [3.8, 4) is 0 Å². The van der Waals surface area contributed by atoms with E-state index in [9.17, 15) is 13.6 Å². The highest BCUT2D eigenvalue weighted by atomic mass is 35.5. The third-order valence-electron chi connectivity index (χ3n) is 3.91. The molecule has 0 saturated heterocycles. The van der Waals surface area contributed by atoms with E-state index >= 15 is 0 Å². The Morgan fingerprint density at radius 1 is 1.33 bits per heavy atom. The second-order valence-electron chi connectivity index (χ2n) is 5.90. The molecule has 3 N–H and O–H groups in total. The highest BCUT2D eigenvalue weighted by Gasteiger charge is 2.44. The number of ether oxygens (including phenoxy) is 1. The Hall–Kier alpha value is -2.65. The second-order valence-corrected chi connectivity index (χ2v) is 5.90. The van der Waals surface area contributed by atoms with Gasteiger partial charge < -0.3 is 15.8 Å². The first-order valence-electron chi connectivity index (χ1n) is 7.81. The molecular formula is C17H18ClF2N5O2. The molecule has 7 nitrogen and oxygen atoms in total. The molecule has 144 valence electrons. The van der Waals surface area contributed by atoms with Gasteiger partial charge in [0.05, 0.1) is 18.5 Å². The molecule has 1 amide bonds. The van der Waals surface area contributed by atoms with Crippen LogP contribution in [0.25, 0.3) is 0 Å². The van der Waals surface area contributed by atoms with E-state index in [-0.39, 0.29) is 42.7 Å². The Bertz CT molecular complexity index is 847. The molecule has 2 aromatic rings. The van der Waals surface area contributed by atoms with Crippen molar-refractivity contribution < 1.29 is 18.3 Å². The van der Waals surface area contributed by atoms with E-state index in [1.54, 1.807) is 19.1 Å². The number of anilines is 1. The smallest absolute Gasteiger partial charge is 0.275 e. The molecule has 0 fully saturated rings. The number of rotatable bonds is 4. The van der Waals surface area contributed by atoms with Crippen molar-refractivity contribution >= 4 is 29.8 Å². The third kappa shape index (κ3) is 4.37. The molecule has 0 saturated carbocycles. The first-order chi connectivity index (χ1) is 12.4. The van der Waals surface area contributed by atoms with Gasteiger partial charge >= 0.3 is 0 Å². The zero-order valence-electron chi connectivity index (χ0n) is 14.4. The molecule has 1 aromatic carbocycles. The Morgan fingerprint density at radius 2 is 2.11 bits per heavy atom. The van der Waals surface area contributed by atoms with Crippen molar-refractivity contribution in [2.24, 2.45) is 10.7 Å². The van der Waals surface area contributed by atoms with Gasteiger partial charge in [0, 0.05) is 11.9 Å². The lowest BCUT2D eigenvalue weighted by Gasteiger charge is -2.33. The van der Waals surface area contributed by atoms with Crippen LogP contribution in [0.15, 0.2) is 41.7 Å². The molecular weight excluding hydrogens is 380 g/mol. The first kappa shape index (κ1) is 20.7. The molecule has 10 heteroatoms. The molecule has 0 aliphatic carbocycles. The zero-order valence-corrected chi connectivity index (χ0v) is 15.2. The number of alkyl halides is 2. The van der Waals surface area contributed by atoms with Crippen LogP contribution in [0.4, 0.5) is 14.5 Å². The van der Waals surface area contributed by atoms with Crippen LogP contribution >= 0.6 is 12.4 Å². The average Bonchev–Trinajstić information content (AvgIpc) is 2.62. The van der Waals surface area contributed by atoms with E-state index in [1.165, 1.54) is 24.5 Å². The van der Waals surface area contributed by atoms with Crippen LogP contribution in [-0.2, 0) is 10.3 Å². The fourth-order valence-electron chi connectivity index (χ4n) is 2.59. The van der Waals surface area contributed by atoms with E-state index in [0.29, 0.717) is 11.4 Å². The van der Waals surface area contributed by atoms with Gasteiger partial charge in [0.2, 0.25) is 0 Å². The first-order valence-corrected chi connectivity index (χ1v) is 7.81. The topological polar surface area (TPSA) is 102 Å². The summed E-state index contributed by atoms with van der Waals surface area (Å²) in [6, 6.07) is 6.06. The third-order valence-corrected chi connectivity index (χ3v) is 3.91. The molecule has 0 bridgehead atoms. The minimum atomic E-state index is -2.82. The van der Waals surface area contributed by atoms with Crippen LogP contribution in [0.2, 0.25) is 0 Å². The monoisotopic (exact) mass is 397 g/mol. The van der Waals surface area contributed by atoms with Crippen molar-refractivity contribution in [2.75, 3.05) is 18.5 Å². The van der Waals surface area contributed by atoms with Gasteiger partial charge in [0.15, 0.2) is 5.54 Å². The van der Waals surface area contributed by atoms with Gasteiger partial charge in [-0.05, 0) is 24.6 Å². The lowest BCUT2D eigenvalue weighted by molar-refractivity contribution is -0.0129. The van der Waals surface area contributed by atoms with Gasteiger partial charge in [-0.15, -0.1) is 12.4 Å². The fraction of sp³-hybridized carbons (Fsp3) is 0.294. The van der Waals surface area contributed by atoms with Crippen molar-refractivity contribution in [3.63, 3.8) is 0 Å². The summed E-state index contributed by atoms with van der Waals surface area (Å²) in [5, 5.41) is 2.62. The number of hydrogen-bond acceptors (Lipinski definition) is 6. The summed E-state index contributed by atoms with van der Waals surface area (Å²) in [4.78, 5) is 24.2. The van der Waals surface area contributed by atoms with Crippen LogP contribution < -0.4 is 11.1 Å². The number of carbonyl (C=O) groups excluding carboxylic acids is 1.